The van der Waals surface area contributed by atoms with Crippen LogP contribution in [0.1, 0.15) is 12.0 Å². The highest BCUT2D eigenvalue weighted by atomic mass is 32.2. The number of halogens is 1. The number of amidine groups is 1. The number of aliphatic carboxylic acids is 1. The van der Waals surface area contributed by atoms with E-state index in [0.717, 1.165) is 11.8 Å². The fourth-order valence-corrected chi connectivity index (χ4v) is 2.34. The average molecular weight is 294 g/mol. The average Bonchev–Trinajstić information content (AvgIpc) is 2.72. The van der Waals surface area contributed by atoms with Gasteiger partial charge in [-0.05, 0) is 17.7 Å². The van der Waals surface area contributed by atoms with Crippen LogP contribution in [0.15, 0.2) is 34.5 Å². The molecule has 1 heterocycles. The first-order chi connectivity index (χ1) is 9.54. The highest BCUT2D eigenvalue weighted by Gasteiger charge is 2.30. The van der Waals surface area contributed by atoms with E-state index in [9.17, 15) is 19.1 Å². The monoisotopic (exact) mass is 294 g/mol. The first-order valence-corrected chi connectivity index (χ1v) is 6.46. The van der Waals surface area contributed by atoms with Gasteiger partial charge in [-0.2, -0.15) is 5.10 Å². The maximum atomic E-state index is 12.7. The maximum absolute atomic E-state index is 12.7. The molecule has 1 aromatic carbocycles. The SMILES string of the molecule is O=C([O-])C[C@@H]1S/C(=N\N=C/c2ccc(F)cc2)NC1=O. The Morgan fingerprint density at radius 3 is 2.80 bits per heavy atom. The van der Waals surface area contributed by atoms with Crippen molar-refractivity contribution in [2.75, 3.05) is 0 Å². The van der Waals surface area contributed by atoms with E-state index in [1.807, 2.05) is 0 Å². The Balaban J connectivity index is 1.97. The maximum Gasteiger partial charge on any atom is 0.239 e. The first-order valence-electron chi connectivity index (χ1n) is 5.58. The number of hydrogen-bond donors (Lipinski definition) is 1. The Bertz CT molecular complexity index is 586. The summed E-state index contributed by atoms with van der Waals surface area (Å²) in [6, 6.07) is 5.63. The molecular formula is C12H9FN3O3S-. The number of rotatable bonds is 4. The van der Waals surface area contributed by atoms with Crippen molar-refractivity contribution >= 4 is 35.0 Å². The Kier molecular flexibility index (Phi) is 4.46. The Hall–Kier alpha value is -2.22. The van der Waals surface area contributed by atoms with E-state index in [4.69, 9.17) is 0 Å². The third-order valence-corrected chi connectivity index (χ3v) is 3.43. The summed E-state index contributed by atoms with van der Waals surface area (Å²) in [5.41, 5.74) is 0.649. The molecule has 1 aliphatic rings. The summed E-state index contributed by atoms with van der Waals surface area (Å²) in [5.74, 6) is -2.08. The summed E-state index contributed by atoms with van der Waals surface area (Å²) in [5, 5.41) is 19.8. The van der Waals surface area contributed by atoms with Gasteiger partial charge in [0.05, 0.1) is 11.5 Å². The van der Waals surface area contributed by atoms with Crippen LogP contribution in [-0.2, 0) is 9.59 Å². The lowest BCUT2D eigenvalue weighted by atomic mass is 10.2. The third kappa shape index (κ3) is 3.89. The van der Waals surface area contributed by atoms with Crippen LogP contribution in [0.2, 0.25) is 0 Å². The molecule has 1 amide bonds. The largest absolute Gasteiger partial charge is 0.550 e. The molecule has 6 nitrogen and oxygen atoms in total. The molecule has 0 aliphatic carbocycles. The lowest BCUT2D eigenvalue weighted by Gasteiger charge is -2.04. The molecule has 20 heavy (non-hydrogen) atoms. The Morgan fingerprint density at radius 1 is 1.45 bits per heavy atom. The van der Waals surface area contributed by atoms with Gasteiger partial charge in [-0.25, -0.2) is 4.39 Å². The van der Waals surface area contributed by atoms with Crippen molar-refractivity contribution in [3.63, 3.8) is 0 Å². The smallest absolute Gasteiger partial charge is 0.239 e. The molecule has 1 aromatic rings. The van der Waals surface area contributed by atoms with Crippen molar-refractivity contribution in [1.29, 1.82) is 0 Å². The number of thioether (sulfide) groups is 1. The number of carboxylic acids is 1. The zero-order chi connectivity index (χ0) is 14.5. The molecule has 1 fully saturated rings. The predicted molar refractivity (Wildman–Crippen MR) is 70.6 cm³/mol. The van der Waals surface area contributed by atoms with Crippen molar-refractivity contribution < 1.29 is 19.1 Å². The van der Waals surface area contributed by atoms with E-state index in [-0.39, 0.29) is 17.4 Å². The van der Waals surface area contributed by atoms with E-state index in [2.05, 4.69) is 15.5 Å². The van der Waals surface area contributed by atoms with Crippen LogP contribution in [0.4, 0.5) is 4.39 Å². The van der Waals surface area contributed by atoms with Gasteiger partial charge in [0.1, 0.15) is 5.82 Å². The van der Waals surface area contributed by atoms with Gasteiger partial charge < -0.3 is 15.2 Å². The second-order valence-corrected chi connectivity index (χ2v) is 5.06. The van der Waals surface area contributed by atoms with E-state index in [1.54, 1.807) is 0 Å². The van der Waals surface area contributed by atoms with Crippen LogP contribution in [0, 0.1) is 5.82 Å². The minimum absolute atomic E-state index is 0.222. The zero-order valence-corrected chi connectivity index (χ0v) is 10.9. The normalized spacial score (nSPS) is 20.6. The topological polar surface area (TPSA) is 93.9 Å². The number of carbonyl (C=O) groups excluding carboxylic acids is 2. The lowest BCUT2D eigenvalue weighted by Crippen LogP contribution is -2.31. The summed E-state index contributed by atoms with van der Waals surface area (Å²) in [4.78, 5) is 21.8. The number of carbonyl (C=O) groups is 2. The van der Waals surface area contributed by atoms with Crippen LogP contribution in [0.25, 0.3) is 0 Å². The minimum Gasteiger partial charge on any atom is -0.550 e. The number of hydrogen-bond acceptors (Lipinski definition) is 6. The van der Waals surface area contributed by atoms with Gasteiger partial charge in [0.15, 0.2) is 5.17 Å². The van der Waals surface area contributed by atoms with Crippen molar-refractivity contribution in [2.24, 2.45) is 10.2 Å². The summed E-state index contributed by atoms with van der Waals surface area (Å²) >= 11 is 0.979. The molecule has 0 saturated carbocycles. The Labute approximate surface area is 117 Å². The van der Waals surface area contributed by atoms with E-state index in [0.29, 0.717) is 5.56 Å². The molecule has 0 bridgehead atoms. The van der Waals surface area contributed by atoms with E-state index >= 15 is 0 Å². The molecule has 2 rings (SSSR count). The van der Waals surface area contributed by atoms with Gasteiger partial charge in [0, 0.05) is 12.4 Å². The van der Waals surface area contributed by atoms with Crippen LogP contribution in [0.3, 0.4) is 0 Å². The third-order valence-electron chi connectivity index (χ3n) is 2.35. The second-order valence-electron chi connectivity index (χ2n) is 3.87. The highest BCUT2D eigenvalue weighted by molar-refractivity contribution is 8.15. The first kappa shape index (κ1) is 14.2. The molecule has 0 spiro atoms. The predicted octanol–water partition coefficient (Wildman–Crippen LogP) is -0.113. The molecule has 1 aliphatic heterocycles. The summed E-state index contributed by atoms with van der Waals surface area (Å²) in [7, 11) is 0. The second kappa shape index (κ2) is 6.29. The Morgan fingerprint density at radius 2 is 2.15 bits per heavy atom. The number of nitrogens with zero attached hydrogens (tertiary/aromatic N) is 2. The van der Waals surface area contributed by atoms with E-state index in [1.165, 1.54) is 30.5 Å². The number of carboxylic acid groups (broad SMARTS) is 1. The van der Waals surface area contributed by atoms with Crippen LogP contribution in [-0.4, -0.2) is 28.5 Å². The molecule has 1 saturated heterocycles. The number of amides is 1. The number of benzene rings is 1. The quantitative estimate of drug-likeness (QED) is 0.619. The van der Waals surface area contributed by atoms with Gasteiger partial charge in [-0.3, -0.25) is 4.79 Å². The molecule has 1 atom stereocenters. The standard InChI is InChI=1S/C12H10FN3O3S/c13-8-3-1-7(2-4-8)6-14-16-12-15-11(19)9(20-12)5-10(17)18/h1-4,6,9H,5H2,(H,17,18)(H,15,16,19)/p-1/b14-6-/t9-/m0/s1. The molecular weight excluding hydrogens is 285 g/mol. The fraction of sp³-hybridized carbons (Fsp3) is 0.167. The van der Waals surface area contributed by atoms with Crippen LogP contribution >= 0.6 is 11.8 Å². The fourth-order valence-electron chi connectivity index (χ4n) is 1.43. The molecule has 104 valence electrons. The molecule has 1 N–H and O–H groups in total. The lowest BCUT2D eigenvalue weighted by molar-refractivity contribution is -0.305. The van der Waals surface area contributed by atoms with Crippen molar-refractivity contribution in [2.45, 2.75) is 11.7 Å². The van der Waals surface area contributed by atoms with Gasteiger partial charge in [0.25, 0.3) is 0 Å². The molecule has 0 unspecified atom stereocenters. The van der Waals surface area contributed by atoms with Crippen molar-refractivity contribution in [3.05, 3.63) is 35.6 Å². The molecule has 8 heteroatoms. The van der Waals surface area contributed by atoms with Gasteiger partial charge in [0.2, 0.25) is 5.91 Å². The van der Waals surface area contributed by atoms with Gasteiger partial charge in [-0.15, -0.1) is 5.10 Å². The van der Waals surface area contributed by atoms with Gasteiger partial charge >= 0.3 is 0 Å². The van der Waals surface area contributed by atoms with Crippen molar-refractivity contribution in [3.8, 4) is 0 Å². The minimum atomic E-state index is -1.30. The van der Waals surface area contributed by atoms with Crippen molar-refractivity contribution in [1.82, 2.24) is 5.32 Å². The van der Waals surface area contributed by atoms with Crippen LogP contribution in [0.5, 0.6) is 0 Å². The summed E-state index contributed by atoms with van der Waals surface area (Å²) < 4.78 is 12.7. The van der Waals surface area contributed by atoms with Crippen LogP contribution < -0.4 is 10.4 Å². The molecule has 0 radical (unpaired) electrons. The zero-order valence-electron chi connectivity index (χ0n) is 10.1. The summed E-state index contributed by atoms with van der Waals surface area (Å²) in [6.45, 7) is 0. The van der Waals surface area contributed by atoms with Gasteiger partial charge in [-0.1, -0.05) is 23.9 Å². The number of nitrogens with one attached hydrogen (secondary N) is 1. The van der Waals surface area contributed by atoms with E-state index < -0.39 is 17.1 Å². The summed E-state index contributed by atoms with van der Waals surface area (Å²) in [6.07, 6.45) is 1.02. The molecule has 0 aromatic heterocycles. The highest BCUT2D eigenvalue weighted by Crippen LogP contribution is 2.21.